The van der Waals surface area contributed by atoms with Crippen LogP contribution >= 0.6 is 11.3 Å². The van der Waals surface area contributed by atoms with Crippen molar-refractivity contribution in [3.8, 4) is 5.75 Å². The third-order valence-electron chi connectivity index (χ3n) is 5.09. The second-order valence-electron chi connectivity index (χ2n) is 7.24. The number of benzene rings is 1. The zero-order valence-corrected chi connectivity index (χ0v) is 19.4. The number of aromatic nitrogens is 3. The Hall–Kier alpha value is -3.79. The number of carbonyl (C=O) groups excluding carboxylic acids is 2. The van der Waals surface area contributed by atoms with E-state index in [0.717, 1.165) is 10.9 Å². The molecule has 4 aromatic rings. The molecule has 0 saturated heterocycles. The van der Waals surface area contributed by atoms with Crippen molar-refractivity contribution in [3.63, 3.8) is 0 Å². The van der Waals surface area contributed by atoms with E-state index in [1.165, 1.54) is 11.3 Å². The van der Waals surface area contributed by atoms with E-state index in [9.17, 15) is 9.59 Å². The average Bonchev–Trinajstić information content (AvgIpc) is 3.13. The number of fused-ring (bicyclic) bond motifs is 2. The molecule has 0 radical (unpaired) electrons. The number of aryl methyl sites for hydroxylation is 2. The van der Waals surface area contributed by atoms with Crippen LogP contribution in [0, 0.1) is 13.8 Å². The van der Waals surface area contributed by atoms with E-state index in [0.29, 0.717) is 37.7 Å². The van der Waals surface area contributed by atoms with Gasteiger partial charge >= 0.3 is 11.9 Å². The first-order valence-electron chi connectivity index (χ1n) is 10.2. The van der Waals surface area contributed by atoms with Crippen molar-refractivity contribution in [2.24, 2.45) is 0 Å². The summed E-state index contributed by atoms with van der Waals surface area (Å²) in [6.07, 6.45) is 0. The van der Waals surface area contributed by atoms with Crippen LogP contribution in [-0.4, -0.2) is 40.6 Å². The van der Waals surface area contributed by atoms with Gasteiger partial charge in [-0.2, -0.15) is 0 Å². The number of nitrogens with two attached hydrogens (primary N) is 1. The molecule has 0 saturated carbocycles. The summed E-state index contributed by atoms with van der Waals surface area (Å²) in [5.41, 5.74) is 8.41. The van der Waals surface area contributed by atoms with Gasteiger partial charge < -0.3 is 19.9 Å². The van der Waals surface area contributed by atoms with E-state index in [1.807, 2.05) is 12.1 Å². The number of nitrogens with zero attached hydrogens (tertiary/aromatic N) is 3. The number of anilines is 1. The van der Waals surface area contributed by atoms with Gasteiger partial charge in [0.15, 0.2) is 12.4 Å². The molecule has 9 nitrogen and oxygen atoms in total. The highest BCUT2D eigenvalue weighted by Gasteiger charge is 2.21. The topological polar surface area (TPSA) is 127 Å². The third kappa shape index (κ3) is 4.29. The molecular formula is C23H22N4O5S. The molecule has 0 aliphatic heterocycles. The van der Waals surface area contributed by atoms with Gasteiger partial charge in [0, 0.05) is 5.39 Å². The third-order valence-corrected chi connectivity index (χ3v) is 6.26. The highest BCUT2D eigenvalue weighted by atomic mass is 32.1. The van der Waals surface area contributed by atoms with E-state index in [1.54, 1.807) is 40.0 Å². The number of hydrogen-bond donors (Lipinski definition) is 1. The Labute approximate surface area is 193 Å². The van der Waals surface area contributed by atoms with Gasteiger partial charge in [0.05, 0.1) is 35.9 Å². The Morgan fingerprint density at radius 3 is 2.58 bits per heavy atom. The van der Waals surface area contributed by atoms with Crippen molar-refractivity contribution in [2.45, 2.75) is 27.4 Å². The number of esters is 2. The second kappa shape index (κ2) is 8.99. The maximum atomic E-state index is 12.8. The second-order valence-corrected chi connectivity index (χ2v) is 8.24. The lowest BCUT2D eigenvalue weighted by Crippen LogP contribution is -2.10. The van der Waals surface area contributed by atoms with Crippen LogP contribution in [0.1, 0.15) is 44.0 Å². The minimum atomic E-state index is -0.554. The van der Waals surface area contributed by atoms with Crippen molar-refractivity contribution in [2.75, 3.05) is 19.5 Å². The molecule has 4 rings (SSSR count). The number of rotatable bonds is 6. The van der Waals surface area contributed by atoms with Gasteiger partial charge in [-0.1, -0.05) is 0 Å². The molecule has 0 atom stereocenters. The molecule has 1 aromatic carbocycles. The Balaban J connectivity index is 1.58. The van der Waals surface area contributed by atoms with Crippen LogP contribution in [0.4, 0.5) is 5.82 Å². The molecule has 0 amide bonds. The van der Waals surface area contributed by atoms with E-state index in [-0.39, 0.29) is 24.9 Å². The maximum absolute atomic E-state index is 12.8. The number of thiophene rings is 1. The Kier molecular flexibility index (Phi) is 6.10. The average molecular weight is 467 g/mol. The fraction of sp³-hybridized carbons (Fsp3) is 0.261. The van der Waals surface area contributed by atoms with Gasteiger partial charge in [0.2, 0.25) is 0 Å². The maximum Gasteiger partial charge on any atom is 0.348 e. The molecule has 3 aromatic heterocycles. The van der Waals surface area contributed by atoms with Crippen molar-refractivity contribution in [3.05, 3.63) is 51.8 Å². The minimum Gasteiger partial charge on any atom is -0.497 e. The number of nitrogen functional groups attached to an aromatic ring is 1. The van der Waals surface area contributed by atoms with Gasteiger partial charge in [-0.25, -0.2) is 19.6 Å². The predicted octanol–water partition coefficient (Wildman–Crippen LogP) is 3.98. The predicted molar refractivity (Wildman–Crippen MR) is 125 cm³/mol. The Morgan fingerprint density at radius 1 is 1.06 bits per heavy atom. The van der Waals surface area contributed by atoms with Gasteiger partial charge in [0.1, 0.15) is 21.3 Å². The summed E-state index contributed by atoms with van der Waals surface area (Å²) in [5.74, 6) is 0.130. The van der Waals surface area contributed by atoms with E-state index < -0.39 is 11.9 Å². The summed E-state index contributed by atoms with van der Waals surface area (Å²) in [5, 5.41) is 1.36. The van der Waals surface area contributed by atoms with Crippen molar-refractivity contribution < 1.29 is 23.8 Å². The van der Waals surface area contributed by atoms with Crippen molar-refractivity contribution in [1.82, 2.24) is 15.0 Å². The molecule has 0 fully saturated rings. The molecule has 0 aliphatic rings. The summed E-state index contributed by atoms with van der Waals surface area (Å²) in [7, 11) is 1.57. The quantitative estimate of drug-likeness (QED) is 0.420. The van der Waals surface area contributed by atoms with Crippen LogP contribution in [-0.2, 0) is 16.1 Å². The summed E-state index contributed by atoms with van der Waals surface area (Å²) in [6.45, 7) is 5.34. The molecule has 3 heterocycles. The van der Waals surface area contributed by atoms with Crippen molar-refractivity contribution >= 4 is 50.2 Å². The fourth-order valence-electron chi connectivity index (χ4n) is 3.46. The van der Waals surface area contributed by atoms with Gasteiger partial charge in [0.25, 0.3) is 0 Å². The molecular weight excluding hydrogens is 444 g/mol. The molecule has 170 valence electrons. The number of pyridine rings is 1. The monoisotopic (exact) mass is 466 g/mol. The summed E-state index contributed by atoms with van der Waals surface area (Å²) in [4.78, 5) is 39.1. The zero-order chi connectivity index (χ0) is 23.7. The summed E-state index contributed by atoms with van der Waals surface area (Å²) < 4.78 is 15.8. The number of carbonyl (C=O) groups is 2. The first-order valence-corrected chi connectivity index (χ1v) is 11.0. The largest absolute Gasteiger partial charge is 0.497 e. The van der Waals surface area contributed by atoms with Crippen LogP contribution in [0.25, 0.3) is 21.1 Å². The molecule has 0 aliphatic carbocycles. The molecule has 10 heteroatoms. The molecule has 0 unspecified atom stereocenters. The fourth-order valence-corrected chi connectivity index (χ4v) is 4.57. The van der Waals surface area contributed by atoms with Crippen LogP contribution in [0.3, 0.4) is 0 Å². The first-order chi connectivity index (χ1) is 15.8. The van der Waals surface area contributed by atoms with Crippen LogP contribution in [0.2, 0.25) is 0 Å². The first kappa shape index (κ1) is 22.4. The summed E-state index contributed by atoms with van der Waals surface area (Å²) in [6, 6.07) is 7.16. The molecule has 2 N–H and O–H groups in total. The molecule has 33 heavy (non-hydrogen) atoms. The Bertz CT molecular complexity index is 1400. The highest BCUT2D eigenvalue weighted by molar-refractivity contribution is 7.20. The SMILES string of the molecule is CCOC(=O)c1sc2nc(COC(=O)c3cc4cc(OC)ccc4nc3C)nc(N)c2c1C. The lowest BCUT2D eigenvalue weighted by atomic mass is 10.1. The normalized spacial score (nSPS) is 11.0. The van der Waals surface area contributed by atoms with Gasteiger partial charge in [-0.3, -0.25) is 4.98 Å². The highest BCUT2D eigenvalue weighted by Crippen LogP contribution is 2.33. The minimum absolute atomic E-state index is 0.180. The van der Waals surface area contributed by atoms with Crippen molar-refractivity contribution in [1.29, 1.82) is 0 Å². The Morgan fingerprint density at radius 2 is 1.85 bits per heavy atom. The standard InChI is InChI=1S/C23H22N4O5S/c1-5-31-23(29)19-11(2)18-20(24)26-17(27-21(18)33-19)10-32-22(28)15-9-13-8-14(30-4)6-7-16(13)25-12(15)3/h6-9H,5,10H2,1-4H3,(H2,24,26,27). The van der Waals surface area contributed by atoms with Crippen LogP contribution < -0.4 is 10.5 Å². The van der Waals surface area contributed by atoms with E-state index in [4.69, 9.17) is 19.9 Å². The number of methoxy groups -OCH3 is 1. The zero-order valence-electron chi connectivity index (χ0n) is 18.6. The van der Waals surface area contributed by atoms with E-state index >= 15 is 0 Å². The lowest BCUT2D eigenvalue weighted by Gasteiger charge is -2.09. The van der Waals surface area contributed by atoms with Crippen LogP contribution in [0.5, 0.6) is 5.75 Å². The van der Waals surface area contributed by atoms with E-state index in [2.05, 4.69) is 15.0 Å². The van der Waals surface area contributed by atoms with Gasteiger partial charge in [-0.05, 0) is 50.6 Å². The van der Waals surface area contributed by atoms with Crippen LogP contribution in [0.15, 0.2) is 24.3 Å². The smallest absolute Gasteiger partial charge is 0.348 e. The lowest BCUT2D eigenvalue weighted by molar-refractivity contribution is 0.0460. The van der Waals surface area contributed by atoms with Gasteiger partial charge in [-0.15, -0.1) is 11.3 Å². The number of ether oxygens (including phenoxy) is 3. The molecule has 0 spiro atoms. The summed E-state index contributed by atoms with van der Waals surface area (Å²) >= 11 is 1.17. The molecule has 0 bridgehead atoms. The number of hydrogen-bond acceptors (Lipinski definition) is 10.